The van der Waals surface area contributed by atoms with Crippen molar-refractivity contribution in [3.8, 4) is 0 Å². The van der Waals surface area contributed by atoms with E-state index in [1.165, 1.54) is 0 Å². The van der Waals surface area contributed by atoms with Gasteiger partial charge in [-0.15, -0.1) is 0 Å². The van der Waals surface area contributed by atoms with Crippen LogP contribution in [0.25, 0.3) is 11.0 Å². The van der Waals surface area contributed by atoms with Gasteiger partial charge in [-0.25, -0.2) is 4.98 Å². The number of hydrogen-bond acceptors (Lipinski definition) is 4. The minimum Gasteiger partial charge on any atom is -0.399 e. The van der Waals surface area contributed by atoms with Gasteiger partial charge in [-0.05, 0) is 25.2 Å². The molecule has 5 nitrogen and oxygen atoms in total. The molecule has 0 aliphatic carbocycles. The van der Waals surface area contributed by atoms with Crippen LogP contribution in [0.2, 0.25) is 0 Å². The van der Waals surface area contributed by atoms with Crippen molar-refractivity contribution in [2.45, 2.75) is 6.54 Å². The van der Waals surface area contributed by atoms with Crippen LogP contribution in [0, 0.1) is 0 Å². The molecule has 0 saturated carbocycles. The van der Waals surface area contributed by atoms with Gasteiger partial charge in [-0.1, -0.05) is 0 Å². The lowest BCUT2D eigenvalue weighted by Gasteiger charge is -2.31. The Morgan fingerprint density at radius 1 is 1.16 bits per heavy atom. The number of aromatic nitrogens is 2. The summed E-state index contributed by atoms with van der Waals surface area (Å²) in [6.07, 6.45) is 0. The van der Waals surface area contributed by atoms with E-state index in [0.29, 0.717) is 0 Å². The van der Waals surface area contributed by atoms with Crippen LogP contribution >= 0.6 is 0 Å². The van der Waals surface area contributed by atoms with Gasteiger partial charge >= 0.3 is 0 Å². The Hall–Kier alpha value is -1.59. The minimum atomic E-state index is 0.775. The summed E-state index contributed by atoms with van der Waals surface area (Å²) in [5.74, 6) is 1.12. The van der Waals surface area contributed by atoms with Crippen LogP contribution in [0.5, 0.6) is 0 Å². The van der Waals surface area contributed by atoms with Crippen molar-refractivity contribution in [1.82, 2.24) is 19.4 Å². The average molecular weight is 259 g/mol. The van der Waals surface area contributed by atoms with Crippen LogP contribution in [-0.4, -0.2) is 52.6 Å². The molecule has 1 aromatic carbocycles. The molecule has 2 N–H and O–H groups in total. The first-order valence-corrected chi connectivity index (χ1v) is 6.75. The van der Waals surface area contributed by atoms with Crippen molar-refractivity contribution in [2.24, 2.45) is 7.05 Å². The quantitative estimate of drug-likeness (QED) is 0.814. The molecule has 1 fully saturated rings. The van der Waals surface area contributed by atoms with Crippen molar-refractivity contribution in [1.29, 1.82) is 0 Å². The summed E-state index contributed by atoms with van der Waals surface area (Å²) in [5.41, 5.74) is 8.74. The van der Waals surface area contributed by atoms with E-state index in [-0.39, 0.29) is 0 Å². The second kappa shape index (κ2) is 4.83. The fourth-order valence-electron chi connectivity index (χ4n) is 2.61. The molecule has 1 aliphatic heterocycles. The van der Waals surface area contributed by atoms with Crippen LogP contribution in [-0.2, 0) is 13.6 Å². The fraction of sp³-hybridized carbons (Fsp3) is 0.500. The highest BCUT2D eigenvalue weighted by Gasteiger charge is 2.16. The molecular weight excluding hydrogens is 238 g/mol. The maximum Gasteiger partial charge on any atom is 0.123 e. The van der Waals surface area contributed by atoms with Crippen LogP contribution in [0.4, 0.5) is 5.69 Å². The van der Waals surface area contributed by atoms with E-state index in [0.717, 1.165) is 55.3 Å². The van der Waals surface area contributed by atoms with Gasteiger partial charge in [0.05, 0.1) is 17.6 Å². The maximum absolute atomic E-state index is 5.82. The lowest BCUT2D eigenvalue weighted by atomic mass is 10.3. The zero-order chi connectivity index (χ0) is 13.4. The molecule has 2 aromatic rings. The molecule has 2 heterocycles. The van der Waals surface area contributed by atoms with Gasteiger partial charge in [-0.2, -0.15) is 0 Å². The predicted molar refractivity (Wildman–Crippen MR) is 77.9 cm³/mol. The van der Waals surface area contributed by atoms with Gasteiger partial charge < -0.3 is 15.2 Å². The first kappa shape index (κ1) is 12.4. The number of aryl methyl sites for hydroxylation is 1. The van der Waals surface area contributed by atoms with E-state index in [4.69, 9.17) is 10.7 Å². The highest BCUT2D eigenvalue weighted by Crippen LogP contribution is 2.19. The van der Waals surface area contributed by atoms with Crippen molar-refractivity contribution >= 4 is 16.7 Å². The van der Waals surface area contributed by atoms with Crippen LogP contribution < -0.4 is 5.73 Å². The Balaban J connectivity index is 1.83. The molecule has 19 heavy (non-hydrogen) atoms. The SMILES string of the molecule is CN1CCN(Cc2nc3cc(N)ccc3n2C)CC1. The number of anilines is 1. The Bertz CT molecular complexity index is 581. The molecule has 102 valence electrons. The van der Waals surface area contributed by atoms with Gasteiger partial charge in [0.15, 0.2) is 0 Å². The van der Waals surface area contributed by atoms with E-state index >= 15 is 0 Å². The van der Waals surface area contributed by atoms with Crippen LogP contribution in [0.1, 0.15) is 5.82 Å². The molecule has 0 bridgehead atoms. The van der Waals surface area contributed by atoms with Crippen LogP contribution in [0.3, 0.4) is 0 Å². The summed E-state index contributed by atoms with van der Waals surface area (Å²) < 4.78 is 2.17. The van der Waals surface area contributed by atoms with Gasteiger partial charge in [0.1, 0.15) is 5.82 Å². The number of piperazine rings is 1. The monoisotopic (exact) mass is 259 g/mol. The summed E-state index contributed by atoms with van der Waals surface area (Å²) >= 11 is 0. The highest BCUT2D eigenvalue weighted by molar-refractivity contribution is 5.79. The lowest BCUT2D eigenvalue weighted by Crippen LogP contribution is -2.44. The van der Waals surface area contributed by atoms with Gasteiger partial charge in [0.2, 0.25) is 0 Å². The Labute approximate surface area is 113 Å². The van der Waals surface area contributed by atoms with E-state index < -0.39 is 0 Å². The summed E-state index contributed by atoms with van der Waals surface area (Å²) in [5, 5.41) is 0. The van der Waals surface area contributed by atoms with Gasteiger partial charge in [0, 0.05) is 38.9 Å². The lowest BCUT2D eigenvalue weighted by molar-refractivity contribution is 0.144. The number of hydrogen-bond donors (Lipinski definition) is 1. The zero-order valence-electron chi connectivity index (χ0n) is 11.6. The second-order valence-corrected chi connectivity index (χ2v) is 5.41. The molecule has 1 aromatic heterocycles. The predicted octanol–water partition coefficient (Wildman–Crippen LogP) is 0.903. The third-order valence-electron chi connectivity index (χ3n) is 3.96. The van der Waals surface area contributed by atoms with E-state index in [9.17, 15) is 0 Å². The van der Waals surface area contributed by atoms with Crippen molar-refractivity contribution < 1.29 is 0 Å². The molecule has 3 rings (SSSR count). The Morgan fingerprint density at radius 2 is 1.89 bits per heavy atom. The van der Waals surface area contributed by atoms with Gasteiger partial charge in [-0.3, -0.25) is 4.90 Å². The average Bonchev–Trinajstić information content (AvgIpc) is 2.68. The number of nitrogen functional groups attached to an aromatic ring is 1. The largest absolute Gasteiger partial charge is 0.399 e. The number of nitrogens with zero attached hydrogens (tertiary/aromatic N) is 4. The summed E-state index contributed by atoms with van der Waals surface area (Å²) in [7, 11) is 4.26. The molecule has 1 aliphatic rings. The first-order chi connectivity index (χ1) is 9.13. The summed E-state index contributed by atoms with van der Waals surface area (Å²) in [6, 6.07) is 5.93. The topological polar surface area (TPSA) is 50.3 Å². The fourth-order valence-corrected chi connectivity index (χ4v) is 2.61. The summed E-state index contributed by atoms with van der Waals surface area (Å²) in [6.45, 7) is 5.41. The zero-order valence-corrected chi connectivity index (χ0v) is 11.6. The molecule has 5 heteroatoms. The number of likely N-dealkylation sites (N-methyl/N-ethyl adjacent to an activating group) is 1. The number of fused-ring (bicyclic) bond motifs is 1. The van der Waals surface area contributed by atoms with E-state index in [2.05, 4.69) is 28.5 Å². The maximum atomic E-state index is 5.82. The normalized spacial score (nSPS) is 18.2. The number of rotatable bonds is 2. The first-order valence-electron chi connectivity index (χ1n) is 6.75. The highest BCUT2D eigenvalue weighted by atomic mass is 15.3. The molecule has 0 unspecified atom stereocenters. The molecule has 1 saturated heterocycles. The molecule has 0 spiro atoms. The number of nitrogens with two attached hydrogens (primary N) is 1. The van der Waals surface area contributed by atoms with Gasteiger partial charge in [0.25, 0.3) is 0 Å². The van der Waals surface area contributed by atoms with Crippen molar-refractivity contribution in [2.75, 3.05) is 39.0 Å². The van der Waals surface area contributed by atoms with Crippen molar-refractivity contribution in [3.63, 3.8) is 0 Å². The standard InChI is InChI=1S/C14H21N5/c1-17-5-7-19(8-6-17)10-14-16-12-9-11(15)3-4-13(12)18(14)2/h3-4,9H,5-8,10,15H2,1-2H3. The Morgan fingerprint density at radius 3 is 2.63 bits per heavy atom. The van der Waals surface area contributed by atoms with E-state index in [1.54, 1.807) is 0 Å². The molecule has 0 amide bonds. The Kier molecular flexibility index (Phi) is 3.16. The number of imidazole rings is 1. The minimum absolute atomic E-state index is 0.775. The molecule has 0 radical (unpaired) electrons. The molecular formula is C14H21N5. The van der Waals surface area contributed by atoms with Crippen LogP contribution in [0.15, 0.2) is 18.2 Å². The second-order valence-electron chi connectivity index (χ2n) is 5.41. The third kappa shape index (κ3) is 2.43. The smallest absolute Gasteiger partial charge is 0.123 e. The van der Waals surface area contributed by atoms with Crippen molar-refractivity contribution in [3.05, 3.63) is 24.0 Å². The number of benzene rings is 1. The summed E-state index contributed by atoms with van der Waals surface area (Å²) in [4.78, 5) is 9.54. The third-order valence-corrected chi connectivity index (χ3v) is 3.96. The molecule has 0 atom stereocenters. The van der Waals surface area contributed by atoms with E-state index in [1.807, 2.05) is 18.2 Å².